The Hall–Kier alpha value is -4.38. The first kappa shape index (κ1) is 27.8. The molecular formula is C31H33FN6O4. The second kappa shape index (κ2) is 11.1. The van der Waals surface area contributed by atoms with Crippen LogP contribution in [0.3, 0.4) is 0 Å². The number of H-pyrrole nitrogens is 1. The summed E-state index contributed by atoms with van der Waals surface area (Å²) in [4.78, 5) is 33.0. The third kappa shape index (κ3) is 5.09. The van der Waals surface area contributed by atoms with E-state index in [2.05, 4.69) is 24.7 Å². The van der Waals surface area contributed by atoms with Crippen LogP contribution in [0.25, 0.3) is 28.3 Å². The third-order valence-corrected chi connectivity index (χ3v) is 7.87. The maximum Gasteiger partial charge on any atom is 0.439 e. The maximum atomic E-state index is 15.8. The summed E-state index contributed by atoms with van der Waals surface area (Å²) in [7, 11) is 0. The molecule has 0 saturated carbocycles. The van der Waals surface area contributed by atoms with Crippen LogP contribution in [0.15, 0.2) is 56.6 Å². The van der Waals surface area contributed by atoms with Crippen LogP contribution in [0.2, 0.25) is 0 Å². The molecule has 1 N–H and O–H groups in total. The predicted octanol–water partition coefficient (Wildman–Crippen LogP) is 5.02. The summed E-state index contributed by atoms with van der Waals surface area (Å²) in [5.74, 6) is 0.257. The minimum Gasteiger partial charge on any atom is -0.375 e. The fourth-order valence-corrected chi connectivity index (χ4v) is 6.15. The second-order valence-electron chi connectivity index (χ2n) is 11.1. The molecule has 0 radical (unpaired) electrons. The Kier molecular flexibility index (Phi) is 7.36. The van der Waals surface area contributed by atoms with E-state index in [4.69, 9.17) is 4.74 Å². The molecule has 0 amide bonds. The van der Waals surface area contributed by atoms with Crippen LogP contribution < -0.4 is 11.3 Å². The lowest BCUT2D eigenvalue weighted by molar-refractivity contribution is -0.0488. The Morgan fingerprint density at radius 2 is 1.81 bits per heavy atom. The van der Waals surface area contributed by atoms with Gasteiger partial charge in [0.15, 0.2) is 5.82 Å². The van der Waals surface area contributed by atoms with Crippen molar-refractivity contribution in [2.45, 2.75) is 78.0 Å². The molecule has 5 aromatic rings. The number of nitrogens with zero attached hydrogens (tertiary/aromatic N) is 5. The highest BCUT2D eigenvalue weighted by Crippen LogP contribution is 2.32. The quantitative estimate of drug-likeness (QED) is 0.291. The van der Waals surface area contributed by atoms with E-state index in [0.29, 0.717) is 58.7 Å². The number of aromatic amines is 1. The zero-order chi connectivity index (χ0) is 29.5. The SMILES string of the molecule is CCCc1c(Cc2ccc(-c3ccccc3-c3noc(=O)[nH]3)cc2F)c(=O)n(C2C[C@@H](C)O[C@@H](C)C2)c2nc(C)nn12. The largest absolute Gasteiger partial charge is 0.439 e. The molecule has 0 bridgehead atoms. The summed E-state index contributed by atoms with van der Waals surface area (Å²) in [6.45, 7) is 7.89. The predicted molar refractivity (Wildman–Crippen MR) is 155 cm³/mol. The molecule has 3 aromatic heterocycles. The van der Waals surface area contributed by atoms with Gasteiger partial charge in [0, 0.05) is 23.6 Å². The average Bonchev–Trinajstić information content (AvgIpc) is 3.56. The number of fused-ring (bicyclic) bond motifs is 1. The Balaban J connectivity index is 1.45. The number of aromatic nitrogens is 6. The fourth-order valence-electron chi connectivity index (χ4n) is 6.15. The number of ether oxygens (including phenoxy) is 1. The molecule has 1 aliphatic rings. The van der Waals surface area contributed by atoms with Crippen molar-refractivity contribution in [2.24, 2.45) is 0 Å². The Bertz CT molecular complexity index is 1880. The van der Waals surface area contributed by atoms with Gasteiger partial charge in [0.25, 0.3) is 5.56 Å². The topological polar surface area (TPSA) is 120 Å². The van der Waals surface area contributed by atoms with E-state index in [0.717, 1.165) is 12.1 Å². The fraction of sp³-hybridized carbons (Fsp3) is 0.387. The molecule has 4 heterocycles. The smallest absolute Gasteiger partial charge is 0.375 e. The monoisotopic (exact) mass is 572 g/mol. The van der Waals surface area contributed by atoms with Crippen molar-refractivity contribution < 1.29 is 13.7 Å². The first-order chi connectivity index (χ1) is 20.2. The molecule has 11 heteroatoms. The van der Waals surface area contributed by atoms with E-state index in [1.807, 2.05) is 45.9 Å². The van der Waals surface area contributed by atoms with Crippen LogP contribution in [0.5, 0.6) is 0 Å². The molecule has 0 aliphatic carbocycles. The van der Waals surface area contributed by atoms with Crippen molar-refractivity contribution in [2.75, 3.05) is 0 Å². The molecule has 0 spiro atoms. The van der Waals surface area contributed by atoms with Gasteiger partial charge in [-0.1, -0.05) is 54.9 Å². The number of aryl methyl sites for hydroxylation is 2. The van der Waals surface area contributed by atoms with Crippen LogP contribution >= 0.6 is 0 Å². The van der Waals surface area contributed by atoms with Gasteiger partial charge >= 0.3 is 5.76 Å². The zero-order valence-electron chi connectivity index (χ0n) is 24.1. The normalized spacial score (nSPS) is 19.0. The summed E-state index contributed by atoms with van der Waals surface area (Å²) in [6, 6.07) is 12.1. The third-order valence-electron chi connectivity index (χ3n) is 7.87. The molecule has 1 aliphatic heterocycles. The molecule has 42 heavy (non-hydrogen) atoms. The van der Waals surface area contributed by atoms with Gasteiger partial charge in [-0.25, -0.2) is 13.7 Å². The molecule has 1 unspecified atom stereocenters. The standard InChI is InChI=1S/C31H33FN6O4/c1-5-8-27-25(29(39)37(30-33-19(4)35-38(27)30)22-13-17(2)41-18(3)14-22)15-21-12-11-20(16-26(21)32)23-9-6-7-10-24(23)28-34-31(40)42-36-28/h6-7,9-12,16-18,22H,5,8,13-15H2,1-4H3,(H,34,36,40)/t17-,18+,22?. The van der Waals surface area contributed by atoms with Gasteiger partial charge in [0.2, 0.25) is 5.78 Å². The van der Waals surface area contributed by atoms with Gasteiger partial charge in [-0.15, -0.1) is 0 Å². The van der Waals surface area contributed by atoms with Crippen molar-refractivity contribution in [3.63, 3.8) is 0 Å². The van der Waals surface area contributed by atoms with E-state index in [9.17, 15) is 9.59 Å². The first-order valence-electron chi connectivity index (χ1n) is 14.3. The maximum absolute atomic E-state index is 15.8. The summed E-state index contributed by atoms with van der Waals surface area (Å²) in [6.07, 6.45) is 2.86. The molecule has 1 saturated heterocycles. The Morgan fingerprint density at radius 1 is 1.07 bits per heavy atom. The molecule has 2 aromatic carbocycles. The Labute approximate surface area is 241 Å². The van der Waals surface area contributed by atoms with Crippen molar-refractivity contribution in [1.82, 2.24) is 29.3 Å². The molecular weight excluding hydrogens is 539 g/mol. The van der Waals surface area contributed by atoms with E-state index in [1.165, 1.54) is 6.07 Å². The van der Waals surface area contributed by atoms with Crippen molar-refractivity contribution in [3.8, 4) is 22.5 Å². The van der Waals surface area contributed by atoms with Gasteiger partial charge in [0.05, 0.1) is 17.9 Å². The number of halogens is 1. The van der Waals surface area contributed by atoms with Crippen molar-refractivity contribution >= 4 is 5.78 Å². The van der Waals surface area contributed by atoms with Gasteiger partial charge in [-0.2, -0.15) is 10.1 Å². The van der Waals surface area contributed by atoms with Crippen LogP contribution in [-0.2, 0) is 17.6 Å². The van der Waals surface area contributed by atoms with Gasteiger partial charge < -0.3 is 4.74 Å². The van der Waals surface area contributed by atoms with Crippen molar-refractivity contribution in [3.05, 3.63) is 91.8 Å². The van der Waals surface area contributed by atoms with E-state index in [1.54, 1.807) is 27.3 Å². The molecule has 6 rings (SSSR count). The minimum absolute atomic E-state index is 0.00330. The molecule has 1 fully saturated rings. The number of hydrogen-bond donors (Lipinski definition) is 1. The average molecular weight is 573 g/mol. The highest BCUT2D eigenvalue weighted by Gasteiger charge is 2.30. The highest BCUT2D eigenvalue weighted by molar-refractivity contribution is 5.80. The lowest BCUT2D eigenvalue weighted by Crippen LogP contribution is -2.38. The van der Waals surface area contributed by atoms with E-state index in [-0.39, 0.29) is 36.1 Å². The molecule has 3 atom stereocenters. The number of nitrogens with one attached hydrogen (secondary N) is 1. The molecule has 10 nitrogen and oxygen atoms in total. The van der Waals surface area contributed by atoms with E-state index < -0.39 is 11.6 Å². The number of rotatable bonds is 7. The van der Waals surface area contributed by atoms with Crippen molar-refractivity contribution in [1.29, 1.82) is 0 Å². The lowest BCUT2D eigenvalue weighted by atomic mass is 9.95. The van der Waals surface area contributed by atoms with Gasteiger partial charge in [0.1, 0.15) is 11.6 Å². The molecule has 218 valence electrons. The first-order valence-corrected chi connectivity index (χ1v) is 14.3. The van der Waals surface area contributed by atoms with E-state index >= 15 is 4.39 Å². The Morgan fingerprint density at radius 3 is 2.48 bits per heavy atom. The van der Waals surface area contributed by atoms with Crippen LogP contribution in [-0.4, -0.2) is 41.5 Å². The summed E-state index contributed by atoms with van der Waals surface area (Å²) in [5, 5.41) is 8.46. The van der Waals surface area contributed by atoms with Gasteiger partial charge in [-0.3, -0.25) is 18.9 Å². The number of benzene rings is 2. The number of hydrogen-bond acceptors (Lipinski definition) is 7. The second-order valence-corrected chi connectivity index (χ2v) is 11.1. The highest BCUT2D eigenvalue weighted by atomic mass is 19.1. The van der Waals surface area contributed by atoms with Crippen LogP contribution in [0.4, 0.5) is 4.39 Å². The van der Waals surface area contributed by atoms with Crippen LogP contribution in [0.1, 0.15) is 68.7 Å². The summed E-state index contributed by atoms with van der Waals surface area (Å²) >= 11 is 0. The zero-order valence-corrected chi connectivity index (χ0v) is 24.1. The lowest BCUT2D eigenvalue weighted by Gasteiger charge is -2.33. The minimum atomic E-state index is -0.668. The summed E-state index contributed by atoms with van der Waals surface area (Å²) < 4.78 is 30.0. The summed E-state index contributed by atoms with van der Waals surface area (Å²) in [5.41, 5.74) is 3.42. The van der Waals surface area contributed by atoms with Crippen LogP contribution in [0, 0.1) is 12.7 Å². The van der Waals surface area contributed by atoms with Gasteiger partial charge in [-0.05, 0) is 62.8 Å².